The zero-order valence-corrected chi connectivity index (χ0v) is 19.6. The van der Waals surface area contributed by atoms with Crippen LogP contribution in [-0.2, 0) is 35.2 Å². The van der Waals surface area contributed by atoms with E-state index in [9.17, 15) is 33.9 Å². The van der Waals surface area contributed by atoms with Gasteiger partial charge in [-0.2, -0.15) is 12.6 Å². The van der Waals surface area contributed by atoms with Gasteiger partial charge in [0.2, 0.25) is 23.6 Å². The van der Waals surface area contributed by atoms with Crippen LogP contribution in [0.2, 0.25) is 0 Å². The van der Waals surface area contributed by atoms with E-state index in [1.165, 1.54) is 0 Å². The van der Waals surface area contributed by atoms with Gasteiger partial charge in [0.1, 0.15) is 18.1 Å². The lowest BCUT2D eigenvalue weighted by atomic mass is 10.0. The van der Waals surface area contributed by atoms with E-state index in [0.29, 0.717) is 5.56 Å². The Balaban J connectivity index is 3.02. The number of rotatable bonds is 15. The highest BCUT2D eigenvalue weighted by Crippen LogP contribution is 2.06. The highest BCUT2D eigenvalue weighted by molar-refractivity contribution is 7.80. The van der Waals surface area contributed by atoms with Gasteiger partial charge in [-0.05, 0) is 12.0 Å². The first-order valence-corrected chi connectivity index (χ1v) is 11.1. The van der Waals surface area contributed by atoms with Crippen molar-refractivity contribution in [1.82, 2.24) is 16.0 Å². The summed E-state index contributed by atoms with van der Waals surface area (Å²) in [5.41, 5.74) is 11.4. The Morgan fingerprint density at radius 2 is 1.40 bits per heavy atom. The second kappa shape index (κ2) is 14.6. The molecule has 4 amide bonds. The summed E-state index contributed by atoms with van der Waals surface area (Å²) in [5, 5.41) is 25.2. The summed E-state index contributed by atoms with van der Waals surface area (Å²) in [5.74, 6) is -6.38. The summed E-state index contributed by atoms with van der Waals surface area (Å²) in [6.45, 7) is 0. The van der Waals surface area contributed by atoms with Gasteiger partial charge >= 0.3 is 11.9 Å². The van der Waals surface area contributed by atoms with Gasteiger partial charge < -0.3 is 37.6 Å². The molecule has 0 aliphatic carbocycles. The van der Waals surface area contributed by atoms with E-state index in [4.69, 9.17) is 16.6 Å². The number of thiol groups is 1. The maximum Gasteiger partial charge on any atom is 0.326 e. The van der Waals surface area contributed by atoms with E-state index in [0.717, 1.165) is 0 Å². The molecule has 0 saturated heterocycles. The monoisotopic (exact) mass is 511 g/mol. The second-order valence-corrected chi connectivity index (χ2v) is 7.97. The van der Waals surface area contributed by atoms with E-state index in [2.05, 4.69) is 28.6 Å². The fourth-order valence-corrected chi connectivity index (χ4v) is 3.07. The highest BCUT2D eigenvalue weighted by Gasteiger charge is 2.31. The third-order valence-corrected chi connectivity index (χ3v) is 5.14. The standard InChI is InChI=1S/C21H29N5O8S/c22-12(10-35)18(30)24-13(6-7-17(28)29)19(31)25-14(9-16(23)27)20(32)26-15(21(33)34)8-11-4-2-1-3-5-11/h1-5,12-15,35H,6-10,22H2,(H2,23,27)(H,24,30)(H,25,31)(H,26,32)(H,28,29)(H,33,34). The van der Waals surface area contributed by atoms with Crippen LogP contribution in [0.3, 0.4) is 0 Å². The molecule has 0 aromatic heterocycles. The topological polar surface area (TPSA) is 231 Å². The number of nitrogens with one attached hydrogen (secondary N) is 3. The summed E-state index contributed by atoms with van der Waals surface area (Å²) in [6, 6.07) is 2.98. The normalized spacial score (nSPS) is 14.0. The van der Waals surface area contributed by atoms with Crippen LogP contribution >= 0.6 is 12.6 Å². The van der Waals surface area contributed by atoms with Crippen LogP contribution in [0.4, 0.5) is 0 Å². The van der Waals surface area contributed by atoms with Crippen LogP contribution in [-0.4, -0.2) is 75.7 Å². The minimum atomic E-state index is -1.58. The molecule has 4 atom stereocenters. The Kier molecular flexibility index (Phi) is 12.2. The third kappa shape index (κ3) is 10.9. The summed E-state index contributed by atoms with van der Waals surface area (Å²) in [4.78, 5) is 71.8. The smallest absolute Gasteiger partial charge is 0.326 e. The zero-order valence-electron chi connectivity index (χ0n) is 18.7. The van der Waals surface area contributed by atoms with Crippen molar-refractivity contribution in [3.63, 3.8) is 0 Å². The number of hydrogen-bond donors (Lipinski definition) is 8. The molecule has 4 unspecified atom stereocenters. The van der Waals surface area contributed by atoms with Crippen molar-refractivity contribution in [3.8, 4) is 0 Å². The molecule has 0 saturated carbocycles. The first-order chi connectivity index (χ1) is 16.4. The molecule has 0 heterocycles. The number of carbonyl (C=O) groups is 6. The molecule has 9 N–H and O–H groups in total. The van der Waals surface area contributed by atoms with Crippen LogP contribution in [0.5, 0.6) is 0 Å². The Morgan fingerprint density at radius 1 is 0.857 bits per heavy atom. The summed E-state index contributed by atoms with van der Waals surface area (Å²) >= 11 is 3.88. The first-order valence-electron chi connectivity index (χ1n) is 10.5. The van der Waals surface area contributed by atoms with E-state index >= 15 is 0 Å². The van der Waals surface area contributed by atoms with Gasteiger partial charge in [0.05, 0.1) is 12.5 Å². The number of carboxylic acid groups (broad SMARTS) is 2. The third-order valence-electron chi connectivity index (χ3n) is 4.75. The Bertz CT molecular complexity index is 930. The average molecular weight is 512 g/mol. The molecule has 0 fully saturated rings. The molecule has 192 valence electrons. The number of primary amides is 1. The molecule has 1 aromatic carbocycles. The van der Waals surface area contributed by atoms with Crippen molar-refractivity contribution in [2.75, 3.05) is 5.75 Å². The van der Waals surface area contributed by atoms with Crippen molar-refractivity contribution in [2.45, 2.75) is 49.9 Å². The SMILES string of the molecule is NC(=O)CC(NC(=O)C(CCC(=O)O)NC(=O)C(N)CS)C(=O)NC(Cc1ccccc1)C(=O)O. The van der Waals surface area contributed by atoms with Gasteiger partial charge in [-0.3, -0.25) is 24.0 Å². The van der Waals surface area contributed by atoms with Gasteiger partial charge in [-0.15, -0.1) is 0 Å². The van der Waals surface area contributed by atoms with Gasteiger partial charge in [0.25, 0.3) is 0 Å². The number of nitrogens with two attached hydrogens (primary N) is 2. The first kappa shape index (κ1) is 29.4. The Hall–Kier alpha value is -3.65. The van der Waals surface area contributed by atoms with Crippen LogP contribution in [0.1, 0.15) is 24.8 Å². The van der Waals surface area contributed by atoms with E-state index in [1.807, 2.05) is 0 Å². The Morgan fingerprint density at radius 3 is 1.91 bits per heavy atom. The molecule has 0 bridgehead atoms. The largest absolute Gasteiger partial charge is 0.481 e. The highest BCUT2D eigenvalue weighted by atomic mass is 32.1. The molecule has 0 radical (unpaired) electrons. The average Bonchev–Trinajstić information content (AvgIpc) is 2.80. The van der Waals surface area contributed by atoms with Gasteiger partial charge in [-0.1, -0.05) is 30.3 Å². The van der Waals surface area contributed by atoms with Gasteiger partial charge in [0, 0.05) is 18.6 Å². The second-order valence-electron chi connectivity index (χ2n) is 7.60. The molecule has 0 aliphatic heterocycles. The van der Waals surface area contributed by atoms with E-state index in [-0.39, 0.29) is 18.6 Å². The number of aliphatic carboxylic acids is 2. The minimum Gasteiger partial charge on any atom is -0.481 e. The summed E-state index contributed by atoms with van der Waals surface area (Å²) in [6.07, 6.45) is -1.59. The summed E-state index contributed by atoms with van der Waals surface area (Å²) in [7, 11) is 0. The predicted molar refractivity (Wildman–Crippen MR) is 126 cm³/mol. The fourth-order valence-electron chi connectivity index (χ4n) is 2.90. The molecule has 1 aromatic rings. The van der Waals surface area contributed by atoms with Crippen LogP contribution in [0, 0.1) is 0 Å². The van der Waals surface area contributed by atoms with Crippen molar-refractivity contribution >= 4 is 48.2 Å². The number of carboxylic acids is 2. The van der Waals surface area contributed by atoms with E-state index < -0.39 is 72.6 Å². The van der Waals surface area contributed by atoms with Gasteiger partial charge in [0.15, 0.2) is 0 Å². The van der Waals surface area contributed by atoms with Crippen LogP contribution in [0.25, 0.3) is 0 Å². The number of amides is 4. The molecular weight excluding hydrogens is 482 g/mol. The zero-order chi connectivity index (χ0) is 26.5. The summed E-state index contributed by atoms with van der Waals surface area (Å²) < 4.78 is 0. The quantitative estimate of drug-likeness (QED) is 0.119. The van der Waals surface area contributed by atoms with Crippen molar-refractivity contribution in [1.29, 1.82) is 0 Å². The molecule has 35 heavy (non-hydrogen) atoms. The predicted octanol–water partition coefficient (Wildman–Crippen LogP) is -2.23. The lowest BCUT2D eigenvalue weighted by molar-refractivity contribution is -0.142. The molecule has 0 spiro atoms. The van der Waals surface area contributed by atoms with Crippen LogP contribution < -0.4 is 27.4 Å². The molecule has 13 nitrogen and oxygen atoms in total. The Labute approximate surface area is 206 Å². The van der Waals surface area contributed by atoms with E-state index in [1.54, 1.807) is 30.3 Å². The molecule has 1 rings (SSSR count). The maximum absolute atomic E-state index is 12.8. The fraction of sp³-hybridized carbons (Fsp3) is 0.429. The number of hydrogen-bond acceptors (Lipinski definition) is 8. The van der Waals surface area contributed by atoms with Crippen molar-refractivity contribution in [2.24, 2.45) is 11.5 Å². The lowest BCUT2D eigenvalue weighted by Crippen LogP contribution is -2.58. The maximum atomic E-state index is 12.8. The van der Waals surface area contributed by atoms with Crippen molar-refractivity contribution in [3.05, 3.63) is 35.9 Å². The number of benzene rings is 1. The lowest BCUT2D eigenvalue weighted by Gasteiger charge is -2.24. The molecule has 14 heteroatoms. The molecular formula is C21H29N5O8S. The van der Waals surface area contributed by atoms with Crippen molar-refractivity contribution < 1.29 is 39.0 Å². The minimum absolute atomic E-state index is 0.0518. The number of carbonyl (C=O) groups excluding carboxylic acids is 4. The van der Waals surface area contributed by atoms with Crippen LogP contribution in [0.15, 0.2) is 30.3 Å². The molecule has 0 aliphatic rings. The van der Waals surface area contributed by atoms with Gasteiger partial charge in [-0.25, -0.2) is 4.79 Å².